The molecule has 0 aromatic heterocycles. The van der Waals surface area contributed by atoms with Crippen molar-refractivity contribution in [3.63, 3.8) is 0 Å². The number of hydroxylamine groups is 2. The number of hydrogen-bond donors (Lipinski definition) is 4. The number of nitrogens with one attached hydrogen (secondary N) is 2. The number of hydrogen-bond acceptors (Lipinski definition) is 6. The number of carbonyl (C=O) groups excluding carboxylic acids is 4. The Labute approximate surface area is 177 Å². The molecule has 170 valence electrons. The number of quaternary nitrogens is 1. The zero-order chi connectivity index (χ0) is 22.1. The smallest absolute Gasteiger partial charge is 0.396 e. The lowest BCUT2D eigenvalue weighted by atomic mass is 9.91. The van der Waals surface area contributed by atoms with Crippen molar-refractivity contribution < 1.29 is 34.0 Å². The minimum atomic E-state index is -0.707. The Bertz CT molecular complexity index is 624. The van der Waals surface area contributed by atoms with Crippen LogP contribution in [-0.4, -0.2) is 76.5 Å². The zero-order valence-corrected chi connectivity index (χ0v) is 17.7. The van der Waals surface area contributed by atoms with Gasteiger partial charge in [-0.3, -0.25) is 10.0 Å². The lowest BCUT2D eigenvalue weighted by Crippen LogP contribution is -2.66. The fourth-order valence-electron chi connectivity index (χ4n) is 4.82. The van der Waals surface area contributed by atoms with Crippen molar-refractivity contribution in [3.05, 3.63) is 0 Å². The average Bonchev–Trinajstić information content (AvgIpc) is 3.37. The van der Waals surface area contributed by atoms with Crippen LogP contribution in [0.25, 0.3) is 0 Å². The van der Waals surface area contributed by atoms with Crippen molar-refractivity contribution in [2.45, 2.75) is 64.3 Å². The predicted octanol–water partition coefficient (Wildman–Crippen LogP) is 1.36. The molecule has 2 rings (SSSR count). The van der Waals surface area contributed by atoms with Crippen LogP contribution in [0.15, 0.2) is 0 Å². The molecule has 0 spiro atoms. The van der Waals surface area contributed by atoms with Crippen LogP contribution >= 0.6 is 0 Å². The Kier molecular flexibility index (Phi) is 9.19. The molecule has 1 unspecified atom stereocenters. The van der Waals surface area contributed by atoms with E-state index in [1.807, 2.05) is 6.92 Å². The van der Waals surface area contributed by atoms with E-state index in [1.54, 1.807) is 0 Å². The molecule has 30 heavy (non-hydrogen) atoms. The molecular formula is C20H35N4O6+. The van der Waals surface area contributed by atoms with Crippen LogP contribution in [0.3, 0.4) is 0 Å². The summed E-state index contributed by atoms with van der Waals surface area (Å²) < 4.78 is -0.502. The van der Waals surface area contributed by atoms with E-state index in [9.17, 15) is 24.4 Å². The second-order valence-corrected chi connectivity index (χ2v) is 8.50. The number of urea groups is 2. The third kappa shape index (κ3) is 5.77. The monoisotopic (exact) mass is 427 g/mol. The molecule has 0 aromatic rings. The fourth-order valence-corrected chi connectivity index (χ4v) is 4.82. The Morgan fingerprint density at radius 2 is 1.90 bits per heavy atom. The summed E-state index contributed by atoms with van der Waals surface area (Å²) in [5.41, 5.74) is 0. The molecule has 0 radical (unpaired) electrons. The molecule has 1 heterocycles. The van der Waals surface area contributed by atoms with E-state index in [4.69, 9.17) is 5.11 Å². The van der Waals surface area contributed by atoms with Gasteiger partial charge in [0.25, 0.3) is 0 Å². The van der Waals surface area contributed by atoms with E-state index < -0.39 is 22.5 Å². The molecule has 1 saturated heterocycles. The molecule has 1 saturated carbocycles. The highest BCUT2D eigenvalue weighted by molar-refractivity contribution is 5.95. The number of imide groups is 2. The predicted molar refractivity (Wildman–Crippen MR) is 107 cm³/mol. The van der Waals surface area contributed by atoms with Crippen LogP contribution in [-0.2, 0) is 9.59 Å². The Morgan fingerprint density at radius 1 is 1.20 bits per heavy atom. The van der Waals surface area contributed by atoms with Crippen molar-refractivity contribution in [3.8, 4) is 0 Å². The number of carbonyl (C=O) groups is 4. The van der Waals surface area contributed by atoms with Crippen LogP contribution in [0, 0.1) is 11.8 Å². The lowest BCUT2D eigenvalue weighted by molar-refractivity contribution is -0.786. The van der Waals surface area contributed by atoms with Crippen LogP contribution < -0.4 is 10.6 Å². The highest BCUT2D eigenvalue weighted by Gasteiger charge is 2.55. The van der Waals surface area contributed by atoms with Gasteiger partial charge >= 0.3 is 18.0 Å². The van der Waals surface area contributed by atoms with Gasteiger partial charge in [0.15, 0.2) is 0 Å². The molecule has 2 aliphatic rings. The van der Waals surface area contributed by atoms with Crippen LogP contribution in [0.4, 0.5) is 9.59 Å². The largest absolute Gasteiger partial charge is 0.432 e. The van der Waals surface area contributed by atoms with Gasteiger partial charge in [0.1, 0.15) is 6.04 Å². The van der Waals surface area contributed by atoms with Gasteiger partial charge in [-0.25, -0.2) is 24.8 Å². The van der Waals surface area contributed by atoms with Crippen molar-refractivity contribution >= 4 is 24.4 Å². The van der Waals surface area contributed by atoms with Crippen LogP contribution in [0.2, 0.25) is 0 Å². The summed E-state index contributed by atoms with van der Waals surface area (Å²) in [4.78, 5) is 49.9. The summed E-state index contributed by atoms with van der Waals surface area (Å²) >= 11 is 0. The first-order chi connectivity index (χ1) is 14.3. The molecule has 0 aromatic carbocycles. The summed E-state index contributed by atoms with van der Waals surface area (Å²) in [6, 6.07) is -1.70. The summed E-state index contributed by atoms with van der Waals surface area (Å²) in [5, 5.41) is 23.8. The van der Waals surface area contributed by atoms with Gasteiger partial charge in [0, 0.05) is 26.0 Å². The highest BCUT2D eigenvalue weighted by Crippen LogP contribution is 2.35. The topological polar surface area (TPSA) is 136 Å². The SMILES string of the molecule is C[C@@H]1CCC[N+]1(C(=O)NC(=O)NCCCO)C(=O)[C@H](CC1CCCC1)CN(O)C=O. The quantitative estimate of drug-likeness (QED) is 0.144. The second kappa shape index (κ2) is 11.4. The van der Waals surface area contributed by atoms with Crippen molar-refractivity contribution in [2.24, 2.45) is 11.8 Å². The summed E-state index contributed by atoms with van der Waals surface area (Å²) in [6.07, 6.45) is 6.62. The van der Waals surface area contributed by atoms with Crippen molar-refractivity contribution in [2.75, 3.05) is 26.2 Å². The Hall–Kier alpha value is -2.04. The maximum atomic E-state index is 13.7. The van der Waals surface area contributed by atoms with Crippen LogP contribution in [0.5, 0.6) is 0 Å². The van der Waals surface area contributed by atoms with Gasteiger partial charge in [0.05, 0.1) is 19.0 Å². The standard InChI is InChI=1S/C20H34N4O6/c1-15-6-4-10-24(15,20(29)22-19(28)21-9-5-11-25)18(27)17(13-23(30)14-26)12-16-7-2-3-8-16/h14-17,25,30H,2-13H2,1H3,(H-,21,22,28,29)/p+1/t15-,17-,24?/m1/s1. The molecule has 10 heteroatoms. The van der Waals surface area contributed by atoms with Crippen molar-refractivity contribution in [1.82, 2.24) is 15.7 Å². The summed E-state index contributed by atoms with van der Waals surface area (Å²) in [5.74, 6) is -0.720. The number of nitrogens with zero attached hydrogens (tertiary/aromatic N) is 2. The number of aliphatic hydroxyl groups excluding tert-OH is 1. The molecular weight excluding hydrogens is 392 g/mol. The van der Waals surface area contributed by atoms with Crippen molar-refractivity contribution in [1.29, 1.82) is 0 Å². The van der Waals surface area contributed by atoms with E-state index in [-0.39, 0.29) is 44.6 Å². The molecule has 2 fully saturated rings. The number of aliphatic hydroxyl groups is 1. The van der Waals surface area contributed by atoms with E-state index in [2.05, 4.69) is 10.6 Å². The molecule has 1 aliphatic carbocycles. The van der Waals surface area contributed by atoms with Gasteiger partial charge < -0.3 is 10.4 Å². The first-order valence-electron chi connectivity index (χ1n) is 10.9. The first kappa shape index (κ1) is 24.2. The van der Waals surface area contributed by atoms with Gasteiger partial charge in [-0.1, -0.05) is 25.7 Å². The summed E-state index contributed by atoms with van der Waals surface area (Å²) in [7, 11) is 0. The Morgan fingerprint density at radius 3 is 2.47 bits per heavy atom. The third-order valence-electron chi connectivity index (χ3n) is 6.45. The maximum Gasteiger partial charge on any atom is 0.432 e. The minimum absolute atomic E-state index is 0.0824. The third-order valence-corrected chi connectivity index (χ3v) is 6.45. The van der Waals surface area contributed by atoms with Gasteiger partial charge in [-0.15, -0.1) is 0 Å². The van der Waals surface area contributed by atoms with Gasteiger partial charge in [0.2, 0.25) is 6.41 Å². The number of rotatable bonds is 9. The molecule has 10 nitrogen and oxygen atoms in total. The first-order valence-corrected chi connectivity index (χ1v) is 10.9. The van der Waals surface area contributed by atoms with Crippen LogP contribution in [0.1, 0.15) is 58.3 Å². The maximum absolute atomic E-state index is 13.7. The van der Waals surface area contributed by atoms with E-state index in [0.29, 0.717) is 36.7 Å². The number of likely N-dealkylation sites (tertiary alicyclic amines) is 1. The number of amides is 6. The normalized spacial score (nSPS) is 25.0. The minimum Gasteiger partial charge on any atom is -0.396 e. The van der Waals surface area contributed by atoms with E-state index >= 15 is 0 Å². The van der Waals surface area contributed by atoms with E-state index in [0.717, 1.165) is 25.7 Å². The summed E-state index contributed by atoms with van der Waals surface area (Å²) in [6.45, 7) is 2.06. The molecule has 6 amide bonds. The highest BCUT2D eigenvalue weighted by atomic mass is 16.5. The molecule has 1 aliphatic heterocycles. The Balaban J connectivity index is 2.20. The lowest BCUT2D eigenvalue weighted by Gasteiger charge is -2.36. The fraction of sp³-hybridized carbons (Fsp3) is 0.800. The average molecular weight is 428 g/mol. The van der Waals surface area contributed by atoms with E-state index in [1.165, 1.54) is 0 Å². The molecule has 3 atom stereocenters. The van der Waals surface area contributed by atoms with Gasteiger partial charge in [-0.2, -0.15) is 4.48 Å². The molecule has 4 N–H and O–H groups in total. The molecule has 0 bridgehead atoms. The second-order valence-electron chi connectivity index (χ2n) is 8.50. The zero-order valence-electron chi connectivity index (χ0n) is 17.7. The van der Waals surface area contributed by atoms with Gasteiger partial charge in [-0.05, 0) is 25.7 Å².